The molecule has 121 heavy (non-hydrogen) atoms. The van der Waals surface area contributed by atoms with Crippen molar-refractivity contribution in [1.29, 1.82) is 0 Å². The minimum absolute atomic E-state index is 0. The number of pyridine rings is 1. The molecule has 38 N–H and O–H groups in total. The van der Waals surface area contributed by atoms with Gasteiger partial charge in [-0.05, 0) is 90.4 Å². The summed E-state index contributed by atoms with van der Waals surface area (Å²) in [6, 6.07) is 6.29. The molecular formula is C74H150Cl2MnN12O31S. The summed E-state index contributed by atoms with van der Waals surface area (Å²) in [5.41, 5.74) is 17.1. The first-order valence-corrected chi connectivity index (χ1v) is 42.9. The molecule has 0 radical (unpaired) electrons. The van der Waals surface area contributed by atoms with Gasteiger partial charge in [0.25, 0.3) is 0 Å². The third-order valence-corrected chi connectivity index (χ3v) is 21.2. The fraction of sp³-hybridized carbons (Fsp3) is 0.851. The first-order valence-electron chi connectivity index (χ1n) is 38.7. The number of ether oxygens (including phenoxy) is 3. The van der Waals surface area contributed by atoms with Gasteiger partial charge in [0.1, 0.15) is 54.9 Å². The normalized spacial score (nSPS) is 33.9. The fourth-order valence-corrected chi connectivity index (χ4v) is 14.9. The van der Waals surface area contributed by atoms with Crippen LogP contribution in [0.25, 0.3) is 0 Å². The molecule has 10 rings (SSSR count). The van der Waals surface area contributed by atoms with Crippen molar-refractivity contribution in [3.8, 4) is 0 Å². The van der Waals surface area contributed by atoms with E-state index in [1.165, 1.54) is 98.2 Å². The van der Waals surface area contributed by atoms with Crippen molar-refractivity contribution in [3.63, 3.8) is 0 Å². The predicted octanol–water partition coefficient (Wildman–Crippen LogP) is -8.92. The van der Waals surface area contributed by atoms with Gasteiger partial charge in [0.05, 0.1) is 142 Å². The summed E-state index contributed by atoms with van der Waals surface area (Å²) in [6.07, 6.45) is -9.75. The Morgan fingerprint density at radius 1 is 0.463 bits per heavy atom. The van der Waals surface area contributed by atoms with Gasteiger partial charge in [0.2, 0.25) is 23.6 Å². The molecule has 4 aliphatic heterocycles. The number of hydrogen-bond acceptors (Lipinski definition) is 36. The predicted molar refractivity (Wildman–Crippen MR) is 446 cm³/mol. The van der Waals surface area contributed by atoms with Gasteiger partial charge in [-0.3, -0.25) is 33.8 Å². The Balaban J connectivity index is -0.000000437. The van der Waals surface area contributed by atoms with E-state index in [4.69, 9.17) is 101 Å². The van der Waals surface area contributed by atoms with Crippen LogP contribution in [0.15, 0.2) is 17.0 Å². The zero-order valence-corrected chi connectivity index (χ0v) is 71.1. The monoisotopic (exact) mass is 1860 g/mol. The van der Waals surface area contributed by atoms with E-state index in [2.05, 4.69) is 66.1 Å². The number of aliphatic hydroxyl groups is 18. The summed E-state index contributed by atoms with van der Waals surface area (Å²) in [5, 5.41) is 207. The van der Waals surface area contributed by atoms with Crippen molar-refractivity contribution < 1.29 is 169 Å². The van der Waals surface area contributed by atoms with Gasteiger partial charge in [0, 0.05) is 95.4 Å². The Hall–Kier alpha value is -3.78. The molecule has 12 unspecified atom stereocenters. The number of halogens is 2. The molecule has 1 aromatic heterocycles. The number of nitrogens with two attached hydrogens (primary N) is 3. The van der Waals surface area contributed by atoms with Crippen LogP contribution in [-0.4, -0.2) is 392 Å². The van der Waals surface area contributed by atoms with Crippen molar-refractivity contribution in [3.05, 3.63) is 23.5 Å². The summed E-state index contributed by atoms with van der Waals surface area (Å²) < 4.78 is 15.4. The van der Waals surface area contributed by atoms with Crippen LogP contribution < -0.4 is 59.7 Å². The molecule has 5 aliphatic carbocycles. The molecule has 47 heteroatoms. The maximum absolute atomic E-state index is 11.2. The second-order valence-electron chi connectivity index (χ2n) is 28.8. The second-order valence-corrected chi connectivity index (χ2v) is 32.0. The number of aliphatic carboxylic acids is 2. The average Bonchev–Trinajstić information content (AvgIpc) is 0.963. The number of carbonyl (C=O) groups is 6. The number of fused-ring (bicyclic) bond motifs is 4. The number of hydrogen-bond donors (Lipinski definition) is 31. The summed E-state index contributed by atoms with van der Waals surface area (Å²) in [4.78, 5) is 70.5. The molecule has 5 saturated carbocycles. The number of carbonyl (C=O) groups excluding carboxylic acids is 4. The standard InChI is InChI=1S/C23H40N6S.C8H15NO5.3C8H15NO4.2C7H12O6.2CH5N.3CH4.2ClH.Mn.2H2O/c24-9-12-30-19-13-17-15-27-22-7-3-1-5-20(22)25-10-11-26-21-6-2-4-8-23(21)28-16-18(14-19)29-17;1-9-8(14)3-2-4(10)6(12)7(13)5(3)11;3*1-5(11)9-6-2-7(12)8(3-10)13-4-6;2*8-3-1-2(7(12)13)4(9)6(11)5(3)10;2*1-2;;;;;;;;/h13-14,20-23,25-28H,1-12,15-16,24H2;3-7,10-13H,2H2,1H3,(H,9,14);3*6-8,10,12H,2-4H2,1H3,(H,9,11);2*2-6,8-11H,1H2,(H,12,13);2*2H2,1H3;3*1H4;2*1H;;2*1H2/q;;;;;;;;;;;;;;+2;;/p-2/t20-,21-,22-,23-;3?,4-,5-,6?,7-;3*6?,7-,8?;2*2?,3-,4-,5?,6-;;;;;;;;;;/m1100011........../s1. The fourth-order valence-electron chi connectivity index (χ4n) is 14.1. The molecule has 8 fully saturated rings. The van der Waals surface area contributed by atoms with Crippen LogP contribution in [0.1, 0.15) is 144 Å². The van der Waals surface area contributed by atoms with E-state index in [1.54, 1.807) is 0 Å². The van der Waals surface area contributed by atoms with Gasteiger partial charge in [0.15, 0.2) is 0 Å². The third-order valence-electron chi connectivity index (χ3n) is 20.2. The Bertz CT molecular complexity index is 2710. The molecule has 0 spiro atoms. The Morgan fingerprint density at radius 2 is 0.736 bits per heavy atom. The molecule has 0 aromatic carbocycles. The molecule has 3 saturated heterocycles. The van der Waals surface area contributed by atoms with Crippen LogP contribution in [0, 0.1) is 17.8 Å². The summed E-state index contributed by atoms with van der Waals surface area (Å²) in [5.74, 6) is -5.84. The number of nitrogens with zero attached hydrogens (tertiary/aromatic N) is 1. The summed E-state index contributed by atoms with van der Waals surface area (Å²) in [7, 11) is 14.0. The van der Waals surface area contributed by atoms with Crippen LogP contribution in [0.4, 0.5) is 0 Å². The van der Waals surface area contributed by atoms with E-state index in [1.807, 2.05) is 11.8 Å². The third kappa shape index (κ3) is 45.7. The van der Waals surface area contributed by atoms with Gasteiger partial charge in [-0.25, -0.2) is 0 Å². The average molecular weight is 1860 g/mol. The van der Waals surface area contributed by atoms with Crippen molar-refractivity contribution >= 4 is 67.5 Å². The van der Waals surface area contributed by atoms with Crippen LogP contribution in [0.2, 0.25) is 0 Å². The van der Waals surface area contributed by atoms with Gasteiger partial charge >= 0.3 is 45.3 Å². The van der Waals surface area contributed by atoms with Crippen LogP contribution in [0.5, 0.6) is 0 Å². The zero-order valence-electron chi connectivity index (χ0n) is 67.5. The molecule has 9 aliphatic rings. The van der Waals surface area contributed by atoms with Crippen LogP contribution in [-0.2, 0) is 69.2 Å². The van der Waals surface area contributed by atoms with Crippen molar-refractivity contribution in [2.45, 2.75) is 303 Å². The number of aliphatic hydroxyl groups excluding tert-OH is 18. The quantitative estimate of drug-likeness (QED) is 0.0682. The van der Waals surface area contributed by atoms with E-state index in [0.29, 0.717) is 69.8 Å². The number of nitrogens with one attached hydrogen (secondary N) is 8. The van der Waals surface area contributed by atoms with Gasteiger partial charge in [-0.15, -0.1) is 11.8 Å². The molecule has 28 atom stereocenters. The number of thioether (sulfide) groups is 1. The van der Waals surface area contributed by atoms with E-state index in [9.17, 15) is 74.7 Å². The molecule has 1 aromatic rings. The number of rotatable bonds is 12. The molecule has 43 nitrogen and oxygen atoms in total. The van der Waals surface area contributed by atoms with Crippen molar-refractivity contribution in [1.82, 2.24) is 47.5 Å². The topological polar surface area (TPSA) is 785 Å². The number of carboxylic acid groups (broad SMARTS) is 2. The zero-order chi connectivity index (χ0) is 88.1. The number of aromatic nitrogens is 1. The van der Waals surface area contributed by atoms with Gasteiger partial charge in [-0.1, -0.05) is 48.0 Å². The second kappa shape index (κ2) is 69.3. The molecule has 4 amide bonds. The minimum atomic E-state index is -1.61. The van der Waals surface area contributed by atoms with Crippen LogP contribution >= 0.6 is 32.0 Å². The summed E-state index contributed by atoms with van der Waals surface area (Å²) >= 11 is 1.85. The van der Waals surface area contributed by atoms with Gasteiger partial charge in [-0.2, -0.15) is 0 Å². The molecule has 719 valence electrons. The van der Waals surface area contributed by atoms with Crippen molar-refractivity contribution in [2.75, 3.05) is 86.2 Å². The SMILES string of the molecule is C.C.C.CC(=O)NC1COC(CO)[C@@H](O)C1.CC(=O)NC1COC(CO)[C@@H](O)C1.CC(=O)NC1COC(CO)[C@@H](O)C1.CN.CN.CNC(=O)C1C[C@@H](O)C(O)[C@H](O)[C@@H]1O.NCCSc1cc2nc(c1)CN[C@@H]1CCCC[C@H]1NCCN[C@@H]1CCCC[C@H]1NC2.O.O.O=C(O)C1C[C@@H](O)C(O)[C@H](O)[C@@H]1O.O=C(O)C1C[C@@H](O)C(O)[C@H](O)[C@@H]1O.[Cl][Mn][Cl]. The van der Waals surface area contributed by atoms with E-state index >= 15 is 0 Å². The Labute approximate surface area is 728 Å². The van der Waals surface area contributed by atoms with E-state index < -0.39 is 145 Å². The first kappa shape index (κ1) is 126. The van der Waals surface area contributed by atoms with Crippen molar-refractivity contribution in [2.24, 2.45) is 35.0 Å². The van der Waals surface area contributed by atoms with E-state index in [-0.39, 0.29) is 121 Å². The Kier molecular flexibility index (Phi) is 72.0. The number of carboxylic acids is 2. The van der Waals surface area contributed by atoms with E-state index in [0.717, 1.165) is 43.3 Å². The molecule has 5 heterocycles. The maximum atomic E-state index is 11.2. The Morgan fingerprint density at radius 3 is 0.983 bits per heavy atom. The first-order chi connectivity index (χ1) is 55.0. The molecule has 2 bridgehead atoms. The molecular weight excluding hydrogens is 1710 g/mol. The summed E-state index contributed by atoms with van der Waals surface area (Å²) in [6.45, 7) is 9.25. The number of amides is 4. The van der Waals surface area contributed by atoms with Gasteiger partial charge < -0.3 is 187 Å². The van der Waals surface area contributed by atoms with Crippen LogP contribution in [0.3, 0.4) is 0 Å².